The summed E-state index contributed by atoms with van der Waals surface area (Å²) in [6.45, 7) is 3.13. The minimum atomic E-state index is -3.85. The third-order valence-electron chi connectivity index (χ3n) is 3.14. The summed E-state index contributed by atoms with van der Waals surface area (Å²) < 4.78 is 29.7. The molecule has 0 bridgehead atoms. The van der Waals surface area contributed by atoms with Crippen molar-refractivity contribution in [3.8, 4) is 5.75 Å². The Morgan fingerprint density at radius 2 is 1.79 bits per heavy atom. The number of carbonyl (C=O) groups excluding carboxylic acids is 1. The van der Waals surface area contributed by atoms with Crippen LogP contribution in [0, 0.1) is 13.8 Å². The molecule has 6 nitrogen and oxygen atoms in total. The van der Waals surface area contributed by atoms with E-state index in [-0.39, 0.29) is 11.5 Å². The molecule has 2 aromatic carbocycles. The molecule has 0 saturated carbocycles. The van der Waals surface area contributed by atoms with Crippen molar-refractivity contribution in [2.24, 2.45) is 0 Å². The fourth-order valence-corrected chi connectivity index (χ4v) is 3.21. The van der Waals surface area contributed by atoms with Crippen LogP contribution in [0.3, 0.4) is 0 Å². The fourth-order valence-electron chi connectivity index (χ4n) is 1.89. The summed E-state index contributed by atoms with van der Waals surface area (Å²) in [5.41, 5.74) is 3.51. The van der Waals surface area contributed by atoms with Crippen LogP contribution in [0.4, 0.5) is 0 Å². The van der Waals surface area contributed by atoms with E-state index in [1.165, 1.54) is 6.07 Å². The number of hydrazine groups is 1. The maximum atomic E-state index is 12.2. The van der Waals surface area contributed by atoms with Gasteiger partial charge in [-0.1, -0.05) is 23.7 Å². The number of benzene rings is 2. The molecule has 0 aliphatic heterocycles. The number of sulfonamides is 1. The Morgan fingerprint density at radius 1 is 1.12 bits per heavy atom. The van der Waals surface area contributed by atoms with Crippen LogP contribution in [0.1, 0.15) is 11.1 Å². The lowest BCUT2D eigenvalue weighted by atomic mass is 10.2. The molecule has 0 fully saturated rings. The highest BCUT2D eigenvalue weighted by Crippen LogP contribution is 2.16. The molecule has 0 unspecified atom stereocenters. The lowest BCUT2D eigenvalue weighted by Gasteiger charge is -2.11. The molecule has 0 aliphatic rings. The average molecular weight is 369 g/mol. The smallest absolute Gasteiger partial charge is 0.272 e. The van der Waals surface area contributed by atoms with Crippen LogP contribution in [-0.2, 0) is 14.8 Å². The third kappa shape index (κ3) is 4.95. The first kappa shape index (κ1) is 18.3. The molecule has 0 atom stereocenters. The van der Waals surface area contributed by atoms with Gasteiger partial charge in [0.05, 0.1) is 4.90 Å². The zero-order chi connectivity index (χ0) is 17.7. The van der Waals surface area contributed by atoms with Crippen LogP contribution in [0.5, 0.6) is 5.75 Å². The molecule has 24 heavy (non-hydrogen) atoms. The molecule has 8 heteroatoms. The van der Waals surface area contributed by atoms with E-state index in [1.807, 2.05) is 6.07 Å². The lowest BCUT2D eigenvalue weighted by Crippen LogP contribution is -2.43. The highest BCUT2D eigenvalue weighted by Gasteiger charge is 2.17. The molecule has 0 aromatic heterocycles. The van der Waals surface area contributed by atoms with E-state index in [0.717, 1.165) is 5.56 Å². The third-order valence-corrected chi connectivity index (χ3v) is 4.78. The zero-order valence-corrected chi connectivity index (χ0v) is 14.7. The molecule has 0 radical (unpaired) electrons. The topological polar surface area (TPSA) is 84.5 Å². The second-order valence-corrected chi connectivity index (χ2v) is 7.25. The Labute approximate surface area is 145 Å². The molecule has 0 aliphatic carbocycles. The Bertz CT molecular complexity index is 836. The Hall–Kier alpha value is -2.09. The maximum Gasteiger partial charge on any atom is 0.272 e. The van der Waals surface area contributed by atoms with E-state index in [2.05, 4.69) is 10.3 Å². The van der Waals surface area contributed by atoms with Crippen LogP contribution < -0.4 is 15.0 Å². The van der Waals surface area contributed by atoms with E-state index < -0.39 is 15.9 Å². The molecule has 2 N–H and O–H groups in total. The number of hydrogen-bond acceptors (Lipinski definition) is 4. The molecular weight excluding hydrogens is 352 g/mol. The number of amides is 1. The second-order valence-electron chi connectivity index (χ2n) is 5.17. The second kappa shape index (κ2) is 7.65. The predicted octanol–water partition coefficient (Wildman–Crippen LogP) is 2.35. The molecular formula is C16H17ClN2O4S. The fraction of sp³-hybridized carbons (Fsp3) is 0.188. The van der Waals surface area contributed by atoms with Gasteiger partial charge in [0.25, 0.3) is 15.9 Å². The van der Waals surface area contributed by atoms with E-state index in [9.17, 15) is 13.2 Å². The number of nitrogens with one attached hydrogen (secondary N) is 2. The van der Waals surface area contributed by atoms with Gasteiger partial charge in [-0.25, -0.2) is 8.42 Å². The van der Waals surface area contributed by atoms with E-state index >= 15 is 0 Å². The van der Waals surface area contributed by atoms with Crippen LogP contribution in [0.15, 0.2) is 47.4 Å². The van der Waals surface area contributed by atoms with E-state index in [1.54, 1.807) is 44.2 Å². The van der Waals surface area contributed by atoms with Crippen molar-refractivity contribution in [1.29, 1.82) is 0 Å². The number of hydrogen-bond donors (Lipinski definition) is 2. The molecule has 128 valence electrons. The number of ether oxygens (including phenoxy) is 1. The zero-order valence-electron chi connectivity index (χ0n) is 13.2. The SMILES string of the molecule is Cc1ccc(C)c(S(=O)(=O)NNC(=O)COc2ccc(Cl)cc2)c1. The van der Waals surface area contributed by atoms with Crippen molar-refractivity contribution in [3.63, 3.8) is 0 Å². The quantitative estimate of drug-likeness (QED) is 0.766. The van der Waals surface area contributed by atoms with Crippen molar-refractivity contribution in [3.05, 3.63) is 58.6 Å². The molecule has 1 amide bonds. The monoisotopic (exact) mass is 368 g/mol. The van der Waals surface area contributed by atoms with Gasteiger partial charge in [-0.3, -0.25) is 10.2 Å². The summed E-state index contributed by atoms with van der Waals surface area (Å²) >= 11 is 5.74. The minimum Gasteiger partial charge on any atom is -0.484 e. The van der Waals surface area contributed by atoms with Crippen molar-refractivity contribution in [2.45, 2.75) is 18.7 Å². The van der Waals surface area contributed by atoms with Gasteiger partial charge < -0.3 is 4.74 Å². The van der Waals surface area contributed by atoms with E-state index in [4.69, 9.17) is 16.3 Å². The molecule has 2 aromatic rings. The standard InChI is InChI=1S/C16H17ClN2O4S/c1-11-3-4-12(2)15(9-11)24(21,22)19-18-16(20)10-23-14-7-5-13(17)6-8-14/h3-9,19H,10H2,1-2H3,(H,18,20). The highest BCUT2D eigenvalue weighted by molar-refractivity contribution is 7.89. The summed E-state index contributed by atoms with van der Waals surface area (Å²) in [6, 6.07) is 11.5. The molecule has 0 spiro atoms. The average Bonchev–Trinajstić information content (AvgIpc) is 2.54. The molecule has 0 saturated heterocycles. The Kier molecular flexibility index (Phi) is 5.82. The van der Waals surface area contributed by atoms with Crippen molar-refractivity contribution in [2.75, 3.05) is 6.61 Å². The first-order valence-corrected chi connectivity index (χ1v) is 8.90. The Balaban J connectivity index is 1.93. The van der Waals surface area contributed by atoms with Gasteiger partial charge in [0, 0.05) is 5.02 Å². The van der Waals surface area contributed by atoms with Crippen LogP contribution in [-0.4, -0.2) is 20.9 Å². The van der Waals surface area contributed by atoms with Crippen LogP contribution in [0.25, 0.3) is 0 Å². The van der Waals surface area contributed by atoms with Gasteiger partial charge in [0.2, 0.25) is 0 Å². The van der Waals surface area contributed by atoms with Crippen molar-refractivity contribution in [1.82, 2.24) is 10.3 Å². The number of aryl methyl sites for hydroxylation is 2. The summed E-state index contributed by atoms with van der Waals surface area (Å²) in [4.78, 5) is 13.9. The van der Waals surface area contributed by atoms with Gasteiger partial charge >= 0.3 is 0 Å². The normalized spacial score (nSPS) is 11.1. The first-order chi connectivity index (χ1) is 11.3. The number of carbonyl (C=O) groups is 1. The van der Waals surface area contributed by atoms with Gasteiger partial charge in [0.1, 0.15) is 5.75 Å². The highest BCUT2D eigenvalue weighted by atomic mass is 35.5. The Morgan fingerprint density at radius 3 is 2.46 bits per heavy atom. The first-order valence-electron chi connectivity index (χ1n) is 7.04. The van der Waals surface area contributed by atoms with Crippen LogP contribution in [0.2, 0.25) is 5.02 Å². The summed E-state index contributed by atoms with van der Waals surface area (Å²) in [6.07, 6.45) is 0. The van der Waals surface area contributed by atoms with Gasteiger partial charge in [-0.05, 0) is 55.3 Å². The summed E-state index contributed by atoms with van der Waals surface area (Å²) in [5.74, 6) is -0.175. The van der Waals surface area contributed by atoms with Crippen LogP contribution >= 0.6 is 11.6 Å². The molecule has 0 heterocycles. The maximum absolute atomic E-state index is 12.2. The summed E-state index contributed by atoms with van der Waals surface area (Å²) in [5, 5.41) is 0.549. The van der Waals surface area contributed by atoms with Crippen molar-refractivity contribution >= 4 is 27.5 Å². The number of halogens is 1. The van der Waals surface area contributed by atoms with Crippen molar-refractivity contribution < 1.29 is 17.9 Å². The van der Waals surface area contributed by atoms with Gasteiger partial charge in [-0.2, -0.15) is 0 Å². The van der Waals surface area contributed by atoms with Gasteiger partial charge in [0.15, 0.2) is 6.61 Å². The predicted molar refractivity (Wildman–Crippen MR) is 91.3 cm³/mol. The lowest BCUT2D eigenvalue weighted by molar-refractivity contribution is -0.123. The van der Waals surface area contributed by atoms with E-state index in [0.29, 0.717) is 16.3 Å². The number of rotatable bonds is 6. The molecule has 2 rings (SSSR count). The summed E-state index contributed by atoms with van der Waals surface area (Å²) in [7, 11) is -3.85. The van der Waals surface area contributed by atoms with Gasteiger partial charge in [-0.15, -0.1) is 4.83 Å². The minimum absolute atomic E-state index is 0.112. The largest absolute Gasteiger partial charge is 0.484 e.